The van der Waals surface area contributed by atoms with E-state index in [9.17, 15) is 9.59 Å². The molecule has 0 radical (unpaired) electrons. The maximum atomic E-state index is 15.6. The summed E-state index contributed by atoms with van der Waals surface area (Å²) >= 11 is 0. The van der Waals surface area contributed by atoms with Crippen molar-refractivity contribution in [2.75, 3.05) is 25.0 Å². The largest absolute Gasteiger partial charge is 0.365 e. The molecular weight excluding hydrogens is 399 g/mol. The van der Waals surface area contributed by atoms with Crippen LogP contribution in [0.5, 0.6) is 0 Å². The molecule has 2 aromatic rings. The first-order chi connectivity index (χ1) is 14.9. The van der Waals surface area contributed by atoms with E-state index in [1.54, 1.807) is 0 Å². The van der Waals surface area contributed by atoms with E-state index in [1.807, 2.05) is 35.2 Å². The number of halogens is 1. The molecule has 2 aliphatic rings. The summed E-state index contributed by atoms with van der Waals surface area (Å²) in [4.78, 5) is 29.6. The fraction of sp³-hybridized carbons (Fsp3) is 0.455. The van der Waals surface area contributed by atoms with E-state index in [4.69, 9.17) is 12.3 Å². The van der Waals surface area contributed by atoms with Crippen LogP contribution in [0.25, 0.3) is 4.85 Å². The number of hydrogen-bond donors (Lipinski definition) is 2. The van der Waals surface area contributed by atoms with Gasteiger partial charge in [-0.15, -0.1) is 0 Å². The van der Waals surface area contributed by atoms with Gasteiger partial charge in [0.2, 0.25) is 12.5 Å². The molecule has 2 atom stereocenters. The third-order valence-corrected chi connectivity index (χ3v) is 6.09. The number of hydrogen-bond acceptors (Lipinski definition) is 4. The van der Waals surface area contributed by atoms with Crippen LogP contribution in [-0.2, 0) is 16.9 Å². The highest BCUT2D eigenvalue weighted by Gasteiger charge is 2.49. The van der Waals surface area contributed by atoms with E-state index in [-0.39, 0.29) is 36.3 Å². The van der Waals surface area contributed by atoms with Gasteiger partial charge in [-0.1, -0.05) is 30.3 Å². The zero-order chi connectivity index (χ0) is 22.0. The highest BCUT2D eigenvalue weighted by atomic mass is 19.1. The van der Waals surface area contributed by atoms with E-state index < -0.39 is 17.6 Å². The van der Waals surface area contributed by atoms with Gasteiger partial charge in [-0.2, -0.15) is 5.10 Å². The van der Waals surface area contributed by atoms with Crippen molar-refractivity contribution in [2.24, 2.45) is 11.7 Å². The first kappa shape index (κ1) is 21.0. The molecule has 1 aliphatic heterocycles. The SMILES string of the molecule is [C-]#[N+]C[C@]1(n2cc(C(N)=O)c(NC(=O)C3CC3)n2)CCN(Cc2ccccc2)C[C@@H]1F. The molecule has 0 bridgehead atoms. The summed E-state index contributed by atoms with van der Waals surface area (Å²) in [6, 6.07) is 9.82. The maximum Gasteiger partial charge on any atom is 0.254 e. The van der Waals surface area contributed by atoms with Crippen molar-refractivity contribution >= 4 is 17.6 Å². The molecule has 1 aromatic heterocycles. The molecular formula is C22H25FN6O2. The van der Waals surface area contributed by atoms with Crippen LogP contribution in [0.15, 0.2) is 36.5 Å². The Morgan fingerprint density at radius 3 is 2.68 bits per heavy atom. The summed E-state index contributed by atoms with van der Waals surface area (Å²) in [7, 11) is 0. The molecule has 1 saturated heterocycles. The molecule has 9 heteroatoms. The number of nitrogens with one attached hydrogen (secondary N) is 1. The number of carbonyl (C=O) groups is 2. The first-order valence-corrected chi connectivity index (χ1v) is 10.4. The topological polar surface area (TPSA) is 97.6 Å². The number of benzene rings is 1. The van der Waals surface area contributed by atoms with Gasteiger partial charge in [-0.05, 0) is 24.8 Å². The number of aromatic nitrogens is 2. The summed E-state index contributed by atoms with van der Waals surface area (Å²) in [5, 5.41) is 6.98. The van der Waals surface area contributed by atoms with Gasteiger partial charge in [0, 0.05) is 31.7 Å². The Bertz CT molecular complexity index is 1010. The summed E-state index contributed by atoms with van der Waals surface area (Å²) in [5.41, 5.74) is 5.37. The number of amides is 2. The Kier molecular flexibility index (Phi) is 5.74. The fourth-order valence-corrected chi connectivity index (χ4v) is 4.07. The predicted molar refractivity (Wildman–Crippen MR) is 113 cm³/mol. The number of primary amides is 1. The monoisotopic (exact) mass is 424 g/mol. The zero-order valence-electron chi connectivity index (χ0n) is 17.1. The van der Waals surface area contributed by atoms with Gasteiger partial charge < -0.3 is 15.9 Å². The van der Waals surface area contributed by atoms with E-state index in [0.29, 0.717) is 19.5 Å². The molecule has 1 aromatic carbocycles. The molecule has 0 spiro atoms. The van der Waals surface area contributed by atoms with E-state index >= 15 is 4.39 Å². The van der Waals surface area contributed by atoms with Crippen molar-refractivity contribution in [1.82, 2.24) is 14.7 Å². The van der Waals surface area contributed by atoms with Crippen LogP contribution in [0.1, 0.15) is 35.2 Å². The molecule has 162 valence electrons. The van der Waals surface area contributed by atoms with Crippen LogP contribution < -0.4 is 11.1 Å². The Balaban J connectivity index is 1.58. The third kappa shape index (κ3) is 4.30. The second kappa shape index (κ2) is 8.47. The van der Waals surface area contributed by atoms with E-state index in [0.717, 1.165) is 18.4 Å². The molecule has 4 rings (SSSR count). The van der Waals surface area contributed by atoms with Gasteiger partial charge in [0.15, 0.2) is 11.4 Å². The number of anilines is 1. The smallest absolute Gasteiger partial charge is 0.254 e. The average molecular weight is 424 g/mol. The van der Waals surface area contributed by atoms with Gasteiger partial charge in [-0.3, -0.25) is 19.2 Å². The predicted octanol–water partition coefficient (Wildman–Crippen LogP) is 2.19. The minimum atomic E-state index is -1.38. The van der Waals surface area contributed by atoms with Crippen LogP contribution in [0.3, 0.4) is 0 Å². The van der Waals surface area contributed by atoms with Crippen molar-refractivity contribution in [1.29, 1.82) is 0 Å². The molecule has 1 aliphatic carbocycles. The molecule has 3 N–H and O–H groups in total. The lowest BCUT2D eigenvalue weighted by molar-refractivity contribution is -0.117. The lowest BCUT2D eigenvalue weighted by Crippen LogP contribution is -2.56. The number of rotatable bonds is 7. The van der Waals surface area contributed by atoms with Crippen molar-refractivity contribution in [3.63, 3.8) is 0 Å². The minimum Gasteiger partial charge on any atom is -0.365 e. The highest BCUT2D eigenvalue weighted by molar-refractivity contribution is 6.02. The third-order valence-electron chi connectivity index (χ3n) is 6.09. The van der Waals surface area contributed by atoms with Crippen molar-refractivity contribution in [2.45, 2.75) is 37.5 Å². The summed E-state index contributed by atoms with van der Waals surface area (Å²) in [5.74, 6) is -1.03. The molecule has 8 nitrogen and oxygen atoms in total. The van der Waals surface area contributed by atoms with Crippen LogP contribution in [0.4, 0.5) is 10.2 Å². The second-order valence-corrected chi connectivity index (χ2v) is 8.32. The number of likely N-dealkylation sites (tertiary alicyclic amines) is 1. The summed E-state index contributed by atoms with van der Waals surface area (Å²) in [6.07, 6.45) is 1.93. The number of alkyl halides is 1. The van der Waals surface area contributed by atoms with E-state index in [1.165, 1.54) is 10.9 Å². The standard InChI is InChI=1S/C22H25FN6O2/c1-25-14-22(9-10-28(13-18(22)23)11-15-5-3-2-4-6-15)29-12-17(19(24)30)20(27-29)26-21(31)16-7-8-16/h2-6,12,16,18H,7-11,13-14H2,(H2,24,30)(H,26,27,31)/t18-,22+/m0/s1. The van der Waals surface area contributed by atoms with Crippen LogP contribution in [-0.4, -0.2) is 52.3 Å². The highest BCUT2D eigenvalue weighted by Crippen LogP contribution is 2.36. The van der Waals surface area contributed by atoms with E-state index in [2.05, 4.69) is 15.3 Å². The molecule has 0 unspecified atom stereocenters. The Hall–Kier alpha value is -3.25. The van der Waals surface area contributed by atoms with Crippen molar-refractivity contribution in [3.05, 3.63) is 59.1 Å². The maximum absolute atomic E-state index is 15.6. The van der Waals surface area contributed by atoms with Gasteiger partial charge >= 0.3 is 0 Å². The summed E-state index contributed by atoms with van der Waals surface area (Å²) in [6.45, 7) is 8.60. The number of carbonyl (C=O) groups excluding carboxylic acids is 2. The molecule has 2 amide bonds. The molecule has 2 fully saturated rings. The first-order valence-electron chi connectivity index (χ1n) is 10.4. The van der Waals surface area contributed by atoms with Gasteiger partial charge in [0.25, 0.3) is 5.91 Å². The zero-order valence-corrected chi connectivity index (χ0v) is 17.1. The van der Waals surface area contributed by atoms with Gasteiger partial charge in [0.1, 0.15) is 11.7 Å². The van der Waals surface area contributed by atoms with Crippen LogP contribution >= 0.6 is 0 Å². The van der Waals surface area contributed by atoms with Crippen molar-refractivity contribution < 1.29 is 14.0 Å². The molecule has 31 heavy (non-hydrogen) atoms. The quantitative estimate of drug-likeness (QED) is 0.666. The second-order valence-electron chi connectivity index (χ2n) is 8.32. The Labute approximate surface area is 180 Å². The lowest BCUT2D eigenvalue weighted by atomic mass is 9.85. The number of piperidine rings is 1. The van der Waals surface area contributed by atoms with Crippen molar-refractivity contribution in [3.8, 4) is 0 Å². The Morgan fingerprint density at radius 1 is 1.32 bits per heavy atom. The minimum absolute atomic E-state index is 0.0253. The summed E-state index contributed by atoms with van der Waals surface area (Å²) < 4.78 is 17.0. The molecule has 2 heterocycles. The normalized spacial score (nSPS) is 23.8. The molecule has 1 saturated carbocycles. The fourth-order valence-electron chi connectivity index (χ4n) is 4.07. The lowest BCUT2D eigenvalue weighted by Gasteiger charge is -2.41. The average Bonchev–Trinajstić information content (AvgIpc) is 3.51. The van der Waals surface area contributed by atoms with Crippen LogP contribution in [0, 0.1) is 12.5 Å². The number of nitrogens with two attached hydrogens (primary N) is 1. The Morgan fingerprint density at radius 2 is 2.06 bits per heavy atom. The van der Waals surface area contributed by atoms with Gasteiger partial charge in [0.05, 0.1) is 0 Å². The van der Waals surface area contributed by atoms with Gasteiger partial charge in [-0.25, -0.2) is 11.0 Å². The van der Waals surface area contributed by atoms with Crippen LogP contribution in [0.2, 0.25) is 0 Å². The number of nitrogens with zero attached hydrogens (tertiary/aromatic N) is 4.